The minimum Gasteiger partial charge on any atom is -0.360 e. The van der Waals surface area contributed by atoms with Crippen molar-refractivity contribution < 1.29 is 12.9 Å². The third kappa shape index (κ3) is 2.94. The Morgan fingerprint density at radius 1 is 1.40 bits per heavy atom. The molecule has 0 atom stereocenters. The van der Waals surface area contributed by atoms with E-state index in [0.29, 0.717) is 5.69 Å². The molecule has 0 spiro atoms. The first-order valence-corrected chi connectivity index (χ1v) is 7.35. The molecule has 0 saturated heterocycles. The molecule has 9 heteroatoms. The van der Waals surface area contributed by atoms with Crippen LogP contribution in [0.1, 0.15) is 11.5 Å². The predicted octanol–water partition coefficient (Wildman–Crippen LogP) is -0.173. The average molecular weight is 298 g/mol. The van der Waals surface area contributed by atoms with Crippen LogP contribution >= 0.6 is 0 Å². The van der Waals surface area contributed by atoms with Gasteiger partial charge in [-0.2, -0.15) is 5.10 Å². The summed E-state index contributed by atoms with van der Waals surface area (Å²) in [6.07, 6.45) is 1.46. The van der Waals surface area contributed by atoms with E-state index in [1.807, 2.05) is 0 Å². The number of hydrogen-bond acceptors (Lipinski definition) is 6. The lowest BCUT2D eigenvalue weighted by atomic mass is 10.4. The highest BCUT2D eigenvalue weighted by Crippen LogP contribution is 2.18. The fraction of sp³-hybridized carbons (Fsp3) is 0.364. The van der Waals surface area contributed by atoms with E-state index in [0.717, 1.165) is 0 Å². The zero-order chi connectivity index (χ0) is 14.8. The Bertz CT molecular complexity index is 743. The number of hydrogen-bond donors (Lipinski definition) is 1. The van der Waals surface area contributed by atoms with Gasteiger partial charge in [0.2, 0.25) is 10.0 Å². The summed E-state index contributed by atoms with van der Waals surface area (Å²) in [5, 5.41) is 7.44. The molecule has 0 aliphatic heterocycles. The highest BCUT2D eigenvalue weighted by atomic mass is 32.2. The summed E-state index contributed by atoms with van der Waals surface area (Å²) >= 11 is 0. The monoisotopic (exact) mass is 298 g/mol. The van der Waals surface area contributed by atoms with E-state index in [9.17, 15) is 13.2 Å². The van der Waals surface area contributed by atoms with Crippen LogP contribution in [0.2, 0.25) is 0 Å². The van der Waals surface area contributed by atoms with Crippen LogP contribution in [0.5, 0.6) is 0 Å². The van der Waals surface area contributed by atoms with Gasteiger partial charge in [0.25, 0.3) is 5.56 Å². The topological polar surface area (TPSA) is 107 Å². The number of nitrogens with one attached hydrogen (secondary N) is 1. The summed E-state index contributed by atoms with van der Waals surface area (Å²) in [5.74, 6) is 0.227. The number of rotatable bonds is 5. The Hall–Kier alpha value is -2.00. The molecule has 0 unspecified atom stereocenters. The van der Waals surface area contributed by atoms with Gasteiger partial charge in [-0.1, -0.05) is 5.16 Å². The van der Waals surface area contributed by atoms with E-state index in [2.05, 4.69) is 15.0 Å². The molecule has 108 valence electrons. The van der Waals surface area contributed by atoms with E-state index >= 15 is 0 Å². The maximum Gasteiger partial charge on any atom is 0.266 e. The van der Waals surface area contributed by atoms with Crippen molar-refractivity contribution in [1.29, 1.82) is 0 Å². The molecule has 0 aliphatic carbocycles. The van der Waals surface area contributed by atoms with Crippen molar-refractivity contribution in [2.24, 2.45) is 0 Å². The molecule has 0 bridgehead atoms. The van der Waals surface area contributed by atoms with Crippen molar-refractivity contribution in [3.63, 3.8) is 0 Å². The van der Waals surface area contributed by atoms with Crippen molar-refractivity contribution >= 4 is 10.0 Å². The minimum atomic E-state index is -3.71. The normalized spacial score (nSPS) is 11.7. The molecule has 0 radical (unpaired) electrons. The van der Waals surface area contributed by atoms with Crippen LogP contribution in [-0.4, -0.2) is 29.9 Å². The third-order valence-corrected chi connectivity index (χ3v) is 4.34. The molecule has 0 aliphatic rings. The lowest BCUT2D eigenvalue weighted by Crippen LogP contribution is -2.32. The van der Waals surface area contributed by atoms with E-state index in [-0.39, 0.29) is 29.3 Å². The van der Waals surface area contributed by atoms with Crippen LogP contribution in [0.4, 0.5) is 0 Å². The largest absolute Gasteiger partial charge is 0.360 e. The predicted molar refractivity (Wildman–Crippen MR) is 69.7 cm³/mol. The van der Waals surface area contributed by atoms with E-state index in [1.165, 1.54) is 29.9 Å². The Morgan fingerprint density at radius 3 is 2.75 bits per heavy atom. The van der Waals surface area contributed by atoms with Gasteiger partial charge in [0, 0.05) is 18.8 Å². The summed E-state index contributed by atoms with van der Waals surface area (Å²) in [5.41, 5.74) is 0.00837. The second-order valence-corrected chi connectivity index (χ2v) is 5.84. The van der Waals surface area contributed by atoms with Crippen LogP contribution in [0, 0.1) is 13.8 Å². The zero-order valence-corrected chi connectivity index (χ0v) is 11.8. The van der Waals surface area contributed by atoms with Crippen LogP contribution in [0.25, 0.3) is 0 Å². The zero-order valence-electron chi connectivity index (χ0n) is 11.0. The van der Waals surface area contributed by atoms with Gasteiger partial charge < -0.3 is 4.52 Å². The Kier molecular flexibility index (Phi) is 4.00. The van der Waals surface area contributed by atoms with Crippen LogP contribution in [0.3, 0.4) is 0 Å². The van der Waals surface area contributed by atoms with Crippen molar-refractivity contribution in [1.82, 2.24) is 19.7 Å². The summed E-state index contributed by atoms with van der Waals surface area (Å²) in [4.78, 5) is 11.4. The van der Waals surface area contributed by atoms with Crippen LogP contribution < -0.4 is 10.3 Å². The number of sulfonamides is 1. The van der Waals surface area contributed by atoms with Crippen molar-refractivity contribution in [2.45, 2.75) is 25.3 Å². The Labute approximate surface area is 115 Å². The second kappa shape index (κ2) is 5.55. The first-order chi connectivity index (χ1) is 9.42. The molecule has 20 heavy (non-hydrogen) atoms. The molecule has 0 aromatic carbocycles. The minimum absolute atomic E-state index is 0.0332. The van der Waals surface area contributed by atoms with E-state index in [1.54, 1.807) is 6.92 Å². The fourth-order valence-electron chi connectivity index (χ4n) is 1.77. The van der Waals surface area contributed by atoms with Gasteiger partial charge in [-0.05, 0) is 19.9 Å². The van der Waals surface area contributed by atoms with Crippen LogP contribution in [-0.2, 0) is 16.6 Å². The van der Waals surface area contributed by atoms with Gasteiger partial charge in [0.1, 0.15) is 10.6 Å². The summed E-state index contributed by atoms with van der Waals surface area (Å²) < 4.78 is 32.6. The molecule has 2 aromatic rings. The molecular weight excluding hydrogens is 284 g/mol. The number of aromatic nitrogens is 3. The molecule has 0 fully saturated rings. The Morgan fingerprint density at radius 2 is 2.15 bits per heavy atom. The SMILES string of the molecule is Cc1noc(C)c1S(=O)(=O)NCCn1ncccc1=O. The second-order valence-electron chi connectivity index (χ2n) is 4.14. The Balaban J connectivity index is 2.08. The van der Waals surface area contributed by atoms with Crippen molar-refractivity contribution in [2.75, 3.05) is 6.54 Å². The first kappa shape index (κ1) is 14.4. The maximum absolute atomic E-state index is 12.1. The van der Waals surface area contributed by atoms with Gasteiger partial charge in [0.15, 0.2) is 5.76 Å². The lowest BCUT2D eigenvalue weighted by Gasteiger charge is -2.06. The fourth-order valence-corrected chi connectivity index (χ4v) is 3.12. The summed E-state index contributed by atoms with van der Waals surface area (Å²) in [6, 6.07) is 2.88. The summed E-state index contributed by atoms with van der Waals surface area (Å²) in [6.45, 7) is 3.26. The van der Waals surface area contributed by atoms with Gasteiger partial charge in [-0.25, -0.2) is 17.8 Å². The molecule has 1 N–H and O–H groups in total. The molecule has 0 amide bonds. The van der Waals surface area contributed by atoms with Gasteiger partial charge >= 0.3 is 0 Å². The molecule has 2 rings (SSSR count). The highest BCUT2D eigenvalue weighted by Gasteiger charge is 2.23. The molecule has 8 nitrogen and oxygen atoms in total. The van der Waals surface area contributed by atoms with Crippen molar-refractivity contribution in [3.05, 3.63) is 40.1 Å². The lowest BCUT2D eigenvalue weighted by molar-refractivity contribution is 0.390. The summed E-state index contributed by atoms with van der Waals surface area (Å²) in [7, 11) is -3.71. The quantitative estimate of drug-likeness (QED) is 0.821. The van der Waals surface area contributed by atoms with E-state index < -0.39 is 10.0 Å². The number of aryl methyl sites for hydroxylation is 2. The van der Waals surface area contributed by atoms with Gasteiger partial charge in [0.05, 0.1) is 6.54 Å². The first-order valence-electron chi connectivity index (χ1n) is 5.86. The van der Waals surface area contributed by atoms with Crippen LogP contribution in [0.15, 0.2) is 32.5 Å². The van der Waals surface area contributed by atoms with E-state index in [4.69, 9.17) is 4.52 Å². The van der Waals surface area contributed by atoms with Crippen molar-refractivity contribution in [3.8, 4) is 0 Å². The van der Waals surface area contributed by atoms with Gasteiger partial charge in [-0.15, -0.1) is 0 Å². The third-order valence-electron chi connectivity index (χ3n) is 2.64. The maximum atomic E-state index is 12.1. The standard InChI is InChI=1S/C11H14N4O4S/c1-8-11(9(2)19-14-8)20(17,18)13-6-7-15-10(16)4-3-5-12-15/h3-5,13H,6-7H2,1-2H3. The molecule has 2 aromatic heterocycles. The molecule has 0 saturated carbocycles. The van der Waals surface area contributed by atoms with Gasteiger partial charge in [-0.3, -0.25) is 4.79 Å². The highest BCUT2D eigenvalue weighted by molar-refractivity contribution is 7.89. The average Bonchev–Trinajstić information content (AvgIpc) is 2.72. The molecule has 2 heterocycles. The smallest absolute Gasteiger partial charge is 0.266 e. The number of nitrogens with zero attached hydrogens (tertiary/aromatic N) is 3. The molecular formula is C11H14N4O4S.